The van der Waals surface area contributed by atoms with Crippen LogP contribution in [0.3, 0.4) is 0 Å². The highest BCUT2D eigenvalue weighted by atomic mass is 19.2. The summed E-state index contributed by atoms with van der Waals surface area (Å²) in [6, 6.07) is 7.03. The molecule has 0 fully saturated rings. The van der Waals surface area contributed by atoms with Gasteiger partial charge in [0.2, 0.25) is 0 Å². The van der Waals surface area contributed by atoms with Gasteiger partial charge in [-0.25, -0.2) is 18.0 Å². The van der Waals surface area contributed by atoms with Crippen molar-refractivity contribution in [2.75, 3.05) is 5.32 Å². The number of hydrogen-bond acceptors (Lipinski definition) is 2. The predicted molar refractivity (Wildman–Crippen MR) is 67.0 cm³/mol. The molecule has 0 saturated heterocycles. The van der Waals surface area contributed by atoms with Crippen LogP contribution in [0.2, 0.25) is 0 Å². The molecule has 2 rings (SSSR count). The fraction of sp³-hybridized carbons (Fsp3) is 0.0714. The summed E-state index contributed by atoms with van der Waals surface area (Å²) in [6.07, 6.45) is 0. The fourth-order valence-corrected chi connectivity index (χ4v) is 1.63. The molecule has 0 saturated carbocycles. The van der Waals surface area contributed by atoms with E-state index in [1.165, 1.54) is 24.3 Å². The smallest absolute Gasteiger partial charge is 0.335 e. The maximum atomic E-state index is 13.4. The van der Waals surface area contributed by atoms with Crippen LogP contribution in [0.15, 0.2) is 36.4 Å². The maximum absolute atomic E-state index is 13.4. The minimum atomic E-state index is -1.24. The van der Waals surface area contributed by atoms with E-state index in [4.69, 9.17) is 5.11 Å². The van der Waals surface area contributed by atoms with Crippen LogP contribution in [0.4, 0.5) is 18.9 Å². The molecule has 0 spiro atoms. The zero-order valence-corrected chi connectivity index (χ0v) is 10.2. The van der Waals surface area contributed by atoms with Gasteiger partial charge in [-0.05, 0) is 30.3 Å². The van der Waals surface area contributed by atoms with E-state index in [9.17, 15) is 18.0 Å². The van der Waals surface area contributed by atoms with Gasteiger partial charge in [0.15, 0.2) is 11.6 Å². The van der Waals surface area contributed by atoms with Gasteiger partial charge in [-0.15, -0.1) is 0 Å². The standard InChI is InChI=1S/C14H10F3NO2/c15-11-6-13(17)12(16)5-9(11)7-18-10-3-1-8(2-4-10)14(19)20/h1-6,18H,7H2,(H,19,20). The first kappa shape index (κ1) is 13.9. The van der Waals surface area contributed by atoms with Crippen molar-refractivity contribution in [2.45, 2.75) is 6.54 Å². The van der Waals surface area contributed by atoms with Gasteiger partial charge in [-0.2, -0.15) is 0 Å². The number of carbonyl (C=O) groups is 1. The lowest BCUT2D eigenvalue weighted by atomic mass is 10.1. The third kappa shape index (κ3) is 3.09. The first-order valence-electron chi connectivity index (χ1n) is 5.68. The Morgan fingerprint density at radius 3 is 2.20 bits per heavy atom. The number of halogens is 3. The zero-order valence-electron chi connectivity index (χ0n) is 10.2. The van der Waals surface area contributed by atoms with Crippen molar-refractivity contribution in [3.8, 4) is 0 Å². The Hall–Kier alpha value is -2.50. The third-order valence-electron chi connectivity index (χ3n) is 2.70. The number of carboxylic acid groups (broad SMARTS) is 1. The predicted octanol–water partition coefficient (Wildman–Crippen LogP) is 3.41. The lowest BCUT2D eigenvalue weighted by Crippen LogP contribution is -2.04. The summed E-state index contributed by atoms with van der Waals surface area (Å²) in [5.41, 5.74) is 0.639. The average Bonchev–Trinajstić information content (AvgIpc) is 2.42. The zero-order chi connectivity index (χ0) is 14.7. The quantitative estimate of drug-likeness (QED) is 0.844. The second-order valence-corrected chi connectivity index (χ2v) is 4.09. The second kappa shape index (κ2) is 5.64. The van der Waals surface area contributed by atoms with Crippen LogP contribution in [0.1, 0.15) is 15.9 Å². The molecule has 2 aromatic rings. The van der Waals surface area contributed by atoms with Crippen LogP contribution in [-0.4, -0.2) is 11.1 Å². The van der Waals surface area contributed by atoms with E-state index in [0.717, 1.165) is 6.07 Å². The van der Waals surface area contributed by atoms with E-state index in [0.29, 0.717) is 11.8 Å². The van der Waals surface area contributed by atoms with Gasteiger partial charge in [0.1, 0.15) is 5.82 Å². The summed E-state index contributed by atoms with van der Waals surface area (Å²) in [4.78, 5) is 10.7. The van der Waals surface area contributed by atoms with E-state index in [1.807, 2.05) is 0 Å². The van der Waals surface area contributed by atoms with E-state index >= 15 is 0 Å². The van der Waals surface area contributed by atoms with Crippen molar-refractivity contribution in [1.82, 2.24) is 0 Å². The normalized spacial score (nSPS) is 10.3. The van der Waals surface area contributed by atoms with Crippen LogP contribution in [0, 0.1) is 17.5 Å². The molecule has 0 aliphatic rings. The first-order chi connectivity index (χ1) is 9.47. The Morgan fingerprint density at radius 2 is 1.60 bits per heavy atom. The molecule has 0 aromatic heterocycles. The molecule has 3 nitrogen and oxygen atoms in total. The Kier molecular flexibility index (Phi) is 3.93. The van der Waals surface area contributed by atoms with Crippen LogP contribution in [-0.2, 0) is 6.54 Å². The van der Waals surface area contributed by atoms with Gasteiger partial charge in [0.25, 0.3) is 0 Å². The Balaban J connectivity index is 2.09. The van der Waals surface area contributed by atoms with Gasteiger partial charge < -0.3 is 10.4 Å². The molecular weight excluding hydrogens is 271 g/mol. The molecule has 0 bridgehead atoms. The van der Waals surface area contributed by atoms with E-state index in [-0.39, 0.29) is 17.7 Å². The minimum Gasteiger partial charge on any atom is -0.478 e. The number of aromatic carboxylic acids is 1. The summed E-state index contributed by atoms with van der Waals surface area (Å²) >= 11 is 0. The van der Waals surface area contributed by atoms with Crippen LogP contribution in [0.25, 0.3) is 0 Å². The molecule has 104 valence electrons. The molecule has 0 aliphatic carbocycles. The molecule has 2 N–H and O–H groups in total. The molecule has 0 atom stereocenters. The number of benzene rings is 2. The summed E-state index contributed by atoms with van der Waals surface area (Å²) in [7, 11) is 0. The third-order valence-corrected chi connectivity index (χ3v) is 2.70. The van der Waals surface area contributed by atoms with E-state index in [1.54, 1.807) is 0 Å². The highest BCUT2D eigenvalue weighted by Crippen LogP contribution is 2.16. The van der Waals surface area contributed by atoms with Gasteiger partial charge in [-0.1, -0.05) is 0 Å². The Labute approximate surface area is 112 Å². The summed E-state index contributed by atoms with van der Waals surface area (Å²) in [5, 5.41) is 11.5. The fourth-order valence-electron chi connectivity index (χ4n) is 1.63. The van der Waals surface area contributed by atoms with Crippen molar-refractivity contribution in [2.24, 2.45) is 0 Å². The SMILES string of the molecule is O=C(O)c1ccc(NCc2cc(F)c(F)cc2F)cc1. The molecule has 0 heterocycles. The summed E-state index contributed by atoms with van der Waals surface area (Å²) in [5.74, 6) is -4.26. The van der Waals surface area contributed by atoms with Crippen LogP contribution >= 0.6 is 0 Å². The molecule has 6 heteroatoms. The largest absolute Gasteiger partial charge is 0.478 e. The van der Waals surface area contributed by atoms with E-state index < -0.39 is 23.4 Å². The number of anilines is 1. The van der Waals surface area contributed by atoms with Crippen molar-refractivity contribution in [3.63, 3.8) is 0 Å². The molecular formula is C14H10F3NO2. The maximum Gasteiger partial charge on any atom is 0.335 e. The molecule has 0 amide bonds. The van der Waals surface area contributed by atoms with Crippen molar-refractivity contribution < 1.29 is 23.1 Å². The van der Waals surface area contributed by atoms with Gasteiger partial charge in [0.05, 0.1) is 5.56 Å². The van der Waals surface area contributed by atoms with Crippen LogP contribution in [0.5, 0.6) is 0 Å². The molecule has 2 aromatic carbocycles. The minimum absolute atomic E-state index is 0.0220. The number of hydrogen-bond donors (Lipinski definition) is 2. The topological polar surface area (TPSA) is 49.3 Å². The lowest BCUT2D eigenvalue weighted by molar-refractivity contribution is 0.0697. The monoisotopic (exact) mass is 281 g/mol. The number of nitrogens with one attached hydrogen (secondary N) is 1. The lowest BCUT2D eigenvalue weighted by Gasteiger charge is -2.08. The highest BCUT2D eigenvalue weighted by Gasteiger charge is 2.09. The highest BCUT2D eigenvalue weighted by molar-refractivity contribution is 5.87. The van der Waals surface area contributed by atoms with Crippen LogP contribution < -0.4 is 5.32 Å². The molecule has 0 aliphatic heterocycles. The Morgan fingerprint density at radius 1 is 1.00 bits per heavy atom. The number of rotatable bonds is 4. The van der Waals surface area contributed by atoms with Gasteiger partial charge in [-0.3, -0.25) is 0 Å². The van der Waals surface area contributed by atoms with Crippen molar-refractivity contribution >= 4 is 11.7 Å². The number of carboxylic acids is 1. The second-order valence-electron chi connectivity index (χ2n) is 4.09. The summed E-state index contributed by atoms with van der Waals surface area (Å²) in [6.45, 7) is -0.0462. The Bertz CT molecular complexity index is 642. The summed E-state index contributed by atoms with van der Waals surface area (Å²) < 4.78 is 39.1. The first-order valence-corrected chi connectivity index (χ1v) is 5.68. The van der Waals surface area contributed by atoms with Crippen molar-refractivity contribution in [1.29, 1.82) is 0 Å². The molecule has 0 unspecified atom stereocenters. The van der Waals surface area contributed by atoms with E-state index in [2.05, 4.69) is 5.32 Å². The van der Waals surface area contributed by atoms with Gasteiger partial charge >= 0.3 is 5.97 Å². The molecule has 20 heavy (non-hydrogen) atoms. The van der Waals surface area contributed by atoms with Gasteiger partial charge in [0, 0.05) is 23.9 Å². The average molecular weight is 281 g/mol. The molecule has 0 radical (unpaired) electrons. The van der Waals surface area contributed by atoms with Crippen molar-refractivity contribution in [3.05, 3.63) is 65.0 Å².